The van der Waals surface area contributed by atoms with E-state index in [0.717, 1.165) is 25.4 Å². The van der Waals surface area contributed by atoms with Crippen LogP contribution in [0, 0.1) is 5.92 Å². The average molecular weight is 199 g/mol. The van der Waals surface area contributed by atoms with E-state index in [-0.39, 0.29) is 5.91 Å². The number of hydrogen-bond donors (Lipinski definition) is 0. The van der Waals surface area contributed by atoms with E-state index in [1.165, 1.54) is 19.3 Å². The summed E-state index contributed by atoms with van der Waals surface area (Å²) in [5.41, 5.74) is 0. The first-order chi connectivity index (χ1) is 6.61. The molecule has 0 fully saturated rings. The maximum atomic E-state index is 11.1. The zero-order chi connectivity index (χ0) is 11.0. The molecule has 84 valence electrons. The van der Waals surface area contributed by atoms with Crippen molar-refractivity contribution in [3.63, 3.8) is 0 Å². The molecule has 1 amide bonds. The molecular formula is C12H25NO. The predicted molar refractivity (Wildman–Crippen MR) is 61.2 cm³/mol. The normalized spacial score (nSPS) is 12.6. The summed E-state index contributed by atoms with van der Waals surface area (Å²) in [6.45, 7) is 10.00. The van der Waals surface area contributed by atoms with Gasteiger partial charge in [-0.2, -0.15) is 0 Å². The van der Waals surface area contributed by atoms with Gasteiger partial charge in [-0.15, -0.1) is 0 Å². The van der Waals surface area contributed by atoms with Crippen LogP contribution in [0.1, 0.15) is 53.4 Å². The molecule has 0 rings (SSSR count). The number of amides is 1. The first-order valence-electron chi connectivity index (χ1n) is 5.87. The lowest BCUT2D eigenvalue weighted by Crippen LogP contribution is -2.29. The van der Waals surface area contributed by atoms with E-state index < -0.39 is 0 Å². The highest BCUT2D eigenvalue weighted by atomic mass is 16.2. The third-order valence-electron chi connectivity index (χ3n) is 2.90. The number of carbonyl (C=O) groups is 1. The average Bonchev–Trinajstić information content (AvgIpc) is 2.16. The highest BCUT2D eigenvalue weighted by Gasteiger charge is 2.05. The Balaban J connectivity index is 3.47. The zero-order valence-corrected chi connectivity index (χ0v) is 10.2. The maximum absolute atomic E-state index is 11.1. The quantitative estimate of drug-likeness (QED) is 0.577. The molecule has 0 N–H and O–H groups in total. The molecule has 1 atom stereocenters. The van der Waals surface area contributed by atoms with Crippen LogP contribution in [-0.4, -0.2) is 23.9 Å². The second-order valence-corrected chi connectivity index (χ2v) is 4.11. The second kappa shape index (κ2) is 7.84. The zero-order valence-electron chi connectivity index (χ0n) is 10.2. The molecule has 2 nitrogen and oxygen atoms in total. The maximum Gasteiger partial charge on any atom is 0.219 e. The molecule has 0 radical (unpaired) electrons. The minimum Gasteiger partial charge on any atom is -0.343 e. The van der Waals surface area contributed by atoms with Crippen LogP contribution in [0.4, 0.5) is 0 Å². The Hall–Kier alpha value is -0.530. The molecular weight excluding hydrogens is 174 g/mol. The smallest absolute Gasteiger partial charge is 0.219 e. The lowest BCUT2D eigenvalue weighted by molar-refractivity contribution is -0.128. The number of unbranched alkanes of at least 4 members (excludes halogenated alkanes) is 1. The van der Waals surface area contributed by atoms with Gasteiger partial charge in [-0.25, -0.2) is 0 Å². The summed E-state index contributed by atoms with van der Waals surface area (Å²) in [7, 11) is 0. The van der Waals surface area contributed by atoms with Crippen LogP contribution in [0.3, 0.4) is 0 Å². The van der Waals surface area contributed by atoms with E-state index in [9.17, 15) is 4.79 Å². The molecule has 0 aromatic heterocycles. The highest BCUT2D eigenvalue weighted by molar-refractivity contribution is 5.73. The molecule has 14 heavy (non-hydrogen) atoms. The lowest BCUT2D eigenvalue weighted by atomic mass is 10.0. The Morgan fingerprint density at radius 3 is 2.36 bits per heavy atom. The van der Waals surface area contributed by atoms with Crippen molar-refractivity contribution < 1.29 is 4.79 Å². The van der Waals surface area contributed by atoms with Crippen LogP contribution >= 0.6 is 0 Å². The Morgan fingerprint density at radius 1 is 1.29 bits per heavy atom. The standard InChI is InChI=1S/C12H25NO/c1-5-11(3)9-7-8-10-13(6-2)12(4)14/h11H,5-10H2,1-4H3. The second-order valence-electron chi connectivity index (χ2n) is 4.11. The topological polar surface area (TPSA) is 20.3 Å². The van der Waals surface area contributed by atoms with Crippen LogP contribution in [0.5, 0.6) is 0 Å². The van der Waals surface area contributed by atoms with Gasteiger partial charge in [0.2, 0.25) is 5.91 Å². The Morgan fingerprint density at radius 2 is 1.93 bits per heavy atom. The largest absolute Gasteiger partial charge is 0.343 e. The van der Waals surface area contributed by atoms with Crippen molar-refractivity contribution in [1.82, 2.24) is 4.90 Å². The molecule has 0 bridgehead atoms. The fourth-order valence-corrected chi connectivity index (χ4v) is 1.54. The summed E-state index contributed by atoms with van der Waals surface area (Å²) < 4.78 is 0. The summed E-state index contributed by atoms with van der Waals surface area (Å²) in [5, 5.41) is 0. The van der Waals surface area contributed by atoms with Gasteiger partial charge in [0.05, 0.1) is 0 Å². The Bertz CT molecular complexity index is 156. The monoisotopic (exact) mass is 199 g/mol. The number of hydrogen-bond acceptors (Lipinski definition) is 1. The van der Waals surface area contributed by atoms with Crippen molar-refractivity contribution in [2.45, 2.75) is 53.4 Å². The van der Waals surface area contributed by atoms with Crippen molar-refractivity contribution in [1.29, 1.82) is 0 Å². The highest BCUT2D eigenvalue weighted by Crippen LogP contribution is 2.11. The summed E-state index contributed by atoms with van der Waals surface area (Å²) in [4.78, 5) is 13.0. The lowest BCUT2D eigenvalue weighted by Gasteiger charge is -2.18. The van der Waals surface area contributed by atoms with E-state index >= 15 is 0 Å². The van der Waals surface area contributed by atoms with Crippen LogP contribution in [0.2, 0.25) is 0 Å². The first-order valence-corrected chi connectivity index (χ1v) is 5.87. The van der Waals surface area contributed by atoms with Crippen molar-refractivity contribution >= 4 is 5.91 Å². The minimum absolute atomic E-state index is 0.205. The summed E-state index contributed by atoms with van der Waals surface area (Å²) in [5.74, 6) is 1.04. The molecule has 0 aliphatic rings. The molecule has 0 aromatic carbocycles. The molecule has 0 heterocycles. The molecule has 0 saturated carbocycles. The molecule has 1 unspecified atom stereocenters. The molecule has 0 spiro atoms. The van der Waals surface area contributed by atoms with Crippen molar-refractivity contribution in [2.24, 2.45) is 5.92 Å². The van der Waals surface area contributed by atoms with Crippen LogP contribution in [0.15, 0.2) is 0 Å². The van der Waals surface area contributed by atoms with Gasteiger partial charge in [0.25, 0.3) is 0 Å². The van der Waals surface area contributed by atoms with Gasteiger partial charge in [-0.05, 0) is 19.3 Å². The first kappa shape index (κ1) is 13.5. The molecule has 0 aromatic rings. The minimum atomic E-state index is 0.205. The van der Waals surface area contributed by atoms with Gasteiger partial charge < -0.3 is 4.90 Å². The van der Waals surface area contributed by atoms with E-state index in [2.05, 4.69) is 13.8 Å². The Labute approximate surface area is 88.7 Å². The molecule has 0 saturated heterocycles. The molecule has 0 aliphatic carbocycles. The van der Waals surface area contributed by atoms with Crippen molar-refractivity contribution in [2.75, 3.05) is 13.1 Å². The van der Waals surface area contributed by atoms with Gasteiger partial charge in [0.15, 0.2) is 0 Å². The van der Waals surface area contributed by atoms with Crippen molar-refractivity contribution in [3.8, 4) is 0 Å². The predicted octanol–water partition coefficient (Wildman–Crippen LogP) is 3.07. The number of nitrogens with zero attached hydrogens (tertiary/aromatic N) is 1. The van der Waals surface area contributed by atoms with E-state index in [0.29, 0.717) is 0 Å². The van der Waals surface area contributed by atoms with Gasteiger partial charge in [0.1, 0.15) is 0 Å². The fraction of sp³-hybridized carbons (Fsp3) is 0.917. The van der Waals surface area contributed by atoms with E-state index in [1.807, 2.05) is 11.8 Å². The molecule has 0 aliphatic heterocycles. The third-order valence-corrected chi connectivity index (χ3v) is 2.90. The summed E-state index contributed by atoms with van der Waals surface area (Å²) in [6, 6.07) is 0. The van der Waals surface area contributed by atoms with E-state index in [1.54, 1.807) is 6.92 Å². The van der Waals surface area contributed by atoms with Gasteiger partial charge in [-0.1, -0.05) is 33.1 Å². The summed E-state index contributed by atoms with van der Waals surface area (Å²) >= 11 is 0. The number of rotatable bonds is 7. The third kappa shape index (κ3) is 6.01. The van der Waals surface area contributed by atoms with Crippen LogP contribution in [0.25, 0.3) is 0 Å². The Kier molecular flexibility index (Phi) is 7.54. The van der Waals surface area contributed by atoms with Crippen LogP contribution < -0.4 is 0 Å². The molecule has 2 heteroatoms. The fourth-order valence-electron chi connectivity index (χ4n) is 1.54. The van der Waals surface area contributed by atoms with E-state index in [4.69, 9.17) is 0 Å². The van der Waals surface area contributed by atoms with Gasteiger partial charge in [0, 0.05) is 20.0 Å². The van der Waals surface area contributed by atoms with Crippen LogP contribution in [-0.2, 0) is 4.79 Å². The van der Waals surface area contributed by atoms with Gasteiger partial charge >= 0.3 is 0 Å². The summed E-state index contributed by atoms with van der Waals surface area (Å²) in [6.07, 6.45) is 4.96. The van der Waals surface area contributed by atoms with Gasteiger partial charge in [-0.3, -0.25) is 4.79 Å². The number of carbonyl (C=O) groups excluding carboxylic acids is 1. The van der Waals surface area contributed by atoms with Crippen molar-refractivity contribution in [3.05, 3.63) is 0 Å². The SMILES string of the molecule is CCC(C)CCCCN(CC)C(C)=O.